The Hall–Kier alpha value is -6.78. The van der Waals surface area contributed by atoms with Crippen LogP contribution in [0.25, 0.3) is 89.2 Å². The zero-order valence-corrected chi connectivity index (χ0v) is 29.0. The molecule has 0 aliphatic carbocycles. The van der Waals surface area contributed by atoms with Gasteiger partial charge in [0.25, 0.3) is 0 Å². The van der Waals surface area contributed by atoms with Gasteiger partial charge in [0.1, 0.15) is 0 Å². The van der Waals surface area contributed by atoms with Crippen LogP contribution in [0.4, 0.5) is 0 Å². The van der Waals surface area contributed by atoms with Gasteiger partial charge in [-0.05, 0) is 59.9 Å². The van der Waals surface area contributed by atoms with Crippen LogP contribution in [-0.2, 0) is 0 Å². The van der Waals surface area contributed by atoms with Gasteiger partial charge in [0.15, 0.2) is 5.82 Å². The molecule has 9 rings (SSSR count). The molecule has 52 heavy (non-hydrogen) atoms. The minimum Gasteiger partial charge on any atom is -0.251 e. The number of aromatic nitrogens is 4. The van der Waals surface area contributed by atoms with Crippen molar-refractivity contribution in [3.05, 3.63) is 181 Å². The average Bonchev–Trinajstić information content (AvgIpc) is 3.21. The quantitative estimate of drug-likeness (QED) is 0.166. The lowest BCUT2D eigenvalue weighted by Gasteiger charge is -2.11. The van der Waals surface area contributed by atoms with Gasteiger partial charge < -0.3 is 0 Å². The fourth-order valence-electron chi connectivity index (χ4n) is 6.96. The summed E-state index contributed by atoms with van der Waals surface area (Å²) in [6.07, 6.45) is 0. The first-order valence-corrected chi connectivity index (χ1v) is 17.6. The Morgan fingerprint density at radius 1 is 0.327 bits per heavy atom. The van der Waals surface area contributed by atoms with Crippen LogP contribution >= 0.6 is 0 Å². The second kappa shape index (κ2) is 13.2. The summed E-state index contributed by atoms with van der Waals surface area (Å²) in [6.45, 7) is 4.18. The molecule has 0 fully saturated rings. The number of fused-ring (bicyclic) bond motifs is 3. The summed E-state index contributed by atoms with van der Waals surface area (Å²) in [5.74, 6) is 0.701. The predicted octanol–water partition coefficient (Wildman–Crippen LogP) is 12.2. The molecule has 6 aromatic carbocycles. The molecule has 246 valence electrons. The third-order valence-electron chi connectivity index (χ3n) is 9.71. The number of pyridine rings is 2. The molecule has 0 radical (unpaired) electrons. The summed E-state index contributed by atoms with van der Waals surface area (Å²) < 4.78 is 0. The first-order chi connectivity index (χ1) is 25.6. The van der Waals surface area contributed by atoms with Crippen molar-refractivity contribution in [1.82, 2.24) is 19.9 Å². The minimum atomic E-state index is 0.701. The topological polar surface area (TPSA) is 51.6 Å². The lowest BCUT2D eigenvalue weighted by molar-refractivity contribution is 1.18. The van der Waals surface area contributed by atoms with Gasteiger partial charge in [-0.15, -0.1) is 0 Å². The molecule has 4 heteroatoms. The summed E-state index contributed by atoms with van der Waals surface area (Å²) in [6, 6.07) is 59.2. The van der Waals surface area contributed by atoms with E-state index >= 15 is 0 Å². The van der Waals surface area contributed by atoms with Gasteiger partial charge in [-0.3, -0.25) is 4.98 Å². The normalized spacial score (nSPS) is 11.3. The van der Waals surface area contributed by atoms with Crippen LogP contribution in [0.5, 0.6) is 0 Å². The molecule has 3 heterocycles. The van der Waals surface area contributed by atoms with Crippen LogP contribution in [0.1, 0.15) is 11.3 Å². The largest absolute Gasteiger partial charge is 0.251 e. The molecule has 0 bridgehead atoms. The van der Waals surface area contributed by atoms with Crippen molar-refractivity contribution in [3.8, 4) is 67.4 Å². The molecule has 3 aromatic heterocycles. The molecule has 0 aliphatic rings. The summed E-state index contributed by atoms with van der Waals surface area (Å²) in [5.41, 5.74) is 15.6. The summed E-state index contributed by atoms with van der Waals surface area (Å²) >= 11 is 0. The van der Waals surface area contributed by atoms with Crippen LogP contribution in [0.2, 0.25) is 0 Å². The van der Waals surface area contributed by atoms with Crippen LogP contribution in [0.15, 0.2) is 170 Å². The molecule has 4 nitrogen and oxygen atoms in total. The highest BCUT2D eigenvalue weighted by Gasteiger charge is 2.13. The molecule has 0 amide bonds. The summed E-state index contributed by atoms with van der Waals surface area (Å²) in [5, 5.41) is 2.24. The highest BCUT2D eigenvalue weighted by molar-refractivity contribution is 6.04. The molecule has 0 spiro atoms. The molecule has 0 aliphatic heterocycles. The number of nitrogens with zero attached hydrogens (tertiary/aromatic N) is 4. The Balaban J connectivity index is 1.02. The van der Waals surface area contributed by atoms with Crippen molar-refractivity contribution < 1.29 is 0 Å². The van der Waals surface area contributed by atoms with Crippen molar-refractivity contribution in [2.45, 2.75) is 13.8 Å². The first-order valence-electron chi connectivity index (χ1n) is 17.6. The number of benzene rings is 6. The van der Waals surface area contributed by atoms with Gasteiger partial charge in [0, 0.05) is 38.7 Å². The van der Waals surface area contributed by atoms with Gasteiger partial charge >= 0.3 is 0 Å². The maximum absolute atomic E-state index is 5.10. The van der Waals surface area contributed by atoms with Gasteiger partial charge in [-0.1, -0.05) is 152 Å². The molecule has 0 saturated heterocycles. The molecule has 0 atom stereocenters. The molecular formula is C48H34N4. The molecule has 0 N–H and O–H groups in total. The van der Waals surface area contributed by atoms with Gasteiger partial charge in [-0.2, -0.15) is 0 Å². The van der Waals surface area contributed by atoms with Crippen molar-refractivity contribution in [3.63, 3.8) is 0 Å². The molecule has 0 saturated carbocycles. The SMILES string of the molecule is Cc1cc(C)c2ccc3ccc(-c4ccc(-c5ccc(-c6cc(-c7ccccc7)nc(-c7ccc(-c8ccccc8)cc7)n6)cc5)cc4)nc3c2n1. The second-order valence-electron chi connectivity index (χ2n) is 13.2. The Bertz CT molecular complexity index is 2700. The fourth-order valence-corrected chi connectivity index (χ4v) is 6.96. The van der Waals surface area contributed by atoms with Crippen molar-refractivity contribution in [1.29, 1.82) is 0 Å². The van der Waals surface area contributed by atoms with E-state index in [-0.39, 0.29) is 0 Å². The van der Waals surface area contributed by atoms with E-state index in [0.29, 0.717) is 5.82 Å². The number of rotatable bonds is 6. The summed E-state index contributed by atoms with van der Waals surface area (Å²) in [7, 11) is 0. The number of hydrogen-bond donors (Lipinski definition) is 0. The van der Waals surface area contributed by atoms with E-state index in [9.17, 15) is 0 Å². The maximum atomic E-state index is 5.10. The van der Waals surface area contributed by atoms with Gasteiger partial charge in [0.2, 0.25) is 0 Å². The standard InChI is InChI=1S/C48H34N4/c1-31-29-32(2)49-47-42(31)27-25-40-26-28-43(50-46(40)47)38-19-13-35(14-20-38)36-15-21-39(22-16-36)45-30-44(37-11-7-4-8-12-37)51-48(52-45)41-23-17-34(18-24-41)33-9-5-3-6-10-33/h3-30H,1-2H3. The molecular weight excluding hydrogens is 633 g/mol. The zero-order chi connectivity index (χ0) is 35.0. The Labute approximate surface area is 303 Å². The Morgan fingerprint density at radius 2 is 0.788 bits per heavy atom. The van der Waals surface area contributed by atoms with E-state index in [1.165, 1.54) is 11.1 Å². The lowest BCUT2D eigenvalue weighted by atomic mass is 9.99. The number of hydrogen-bond acceptors (Lipinski definition) is 4. The molecule has 9 aromatic rings. The van der Waals surface area contributed by atoms with Crippen LogP contribution in [0, 0.1) is 13.8 Å². The maximum Gasteiger partial charge on any atom is 0.160 e. The molecule has 0 unspecified atom stereocenters. The lowest BCUT2D eigenvalue weighted by Crippen LogP contribution is -1.96. The first kappa shape index (κ1) is 31.2. The highest BCUT2D eigenvalue weighted by atomic mass is 14.9. The van der Waals surface area contributed by atoms with Crippen LogP contribution < -0.4 is 0 Å². The predicted molar refractivity (Wildman–Crippen MR) is 215 cm³/mol. The van der Waals surface area contributed by atoms with E-state index in [2.05, 4.69) is 153 Å². The fraction of sp³-hybridized carbons (Fsp3) is 0.0417. The smallest absolute Gasteiger partial charge is 0.160 e. The van der Waals surface area contributed by atoms with Crippen molar-refractivity contribution >= 4 is 21.8 Å². The third kappa shape index (κ3) is 6.01. The number of aryl methyl sites for hydroxylation is 2. The Morgan fingerprint density at radius 3 is 1.38 bits per heavy atom. The average molecular weight is 667 g/mol. The van der Waals surface area contributed by atoms with Gasteiger partial charge in [-0.25, -0.2) is 15.0 Å². The van der Waals surface area contributed by atoms with Crippen molar-refractivity contribution in [2.24, 2.45) is 0 Å². The second-order valence-corrected chi connectivity index (χ2v) is 13.2. The zero-order valence-electron chi connectivity index (χ0n) is 29.0. The van der Waals surface area contributed by atoms with Crippen LogP contribution in [0.3, 0.4) is 0 Å². The van der Waals surface area contributed by atoms with E-state index in [1.54, 1.807) is 0 Å². The van der Waals surface area contributed by atoms with E-state index in [1.807, 2.05) is 31.2 Å². The third-order valence-corrected chi connectivity index (χ3v) is 9.71. The van der Waals surface area contributed by atoms with Crippen LogP contribution in [-0.4, -0.2) is 19.9 Å². The van der Waals surface area contributed by atoms with E-state index in [4.69, 9.17) is 19.9 Å². The monoisotopic (exact) mass is 666 g/mol. The van der Waals surface area contributed by atoms with Gasteiger partial charge in [0.05, 0.1) is 28.1 Å². The highest BCUT2D eigenvalue weighted by Crippen LogP contribution is 2.32. The van der Waals surface area contributed by atoms with Crippen molar-refractivity contribution in [2.75, 3.05) is 0 Å². The minimum absolute atomic E-state index is 0.701. The van der Waals surface area contributed by atoms with E-state index in [0.717, 1.165) is 83.5 Å². The van der Waals surface area contributed by atoms with E-state index < -0.39 is 0 Å². The summed E-state index contributed by atoms with van der Waals surface area (Å²) in [4.78, 5) is 20.1. The Kier molecular flexibility index (Phi) is 7.90.